The number of rotatable bonds is 2. The van der Waals surface area contributed by atoms with Crippen LogP contribution in [0.5, 0.6) is 0 Å². The van der Waals surface area contributed by atoms with E-state index in [-0.39, 0.29) is 0 Å². The molecule has 0 aliphatic rings. The SMILES string of the molecule is NC(=O)c1c(F)ccc(C(F)F)c1F. The van der Waals surface area contributed by atoms with Crippen molar-refractivity contribution in [3.63, 3.8) is 0 Å². The maximum Gasteiger partial charge on any atom is 0.266 e. The number of hydrogen-bond donors (Lipinski definition) is 1. The molecule has 1 amide bonds. The molecule has 0 spiro atoms. The summed E-state index contributed by atoms with van der Waals surface area (Å²) in [6.07, 6.45) is -3.12. The lowest BCUT2D eigenvalue weighted by Crippen LogP contribution is -2.16. The molecule has 0 radical (unpaired) electrons. The number of carbonyl (C=O) groups is 1. The number of amides is 1. The first kappa shape index (κ1) is 10.5. The molecule has 1 rings (SSSR count). The molecule has 0 saturated heterocycles. The highest BCUT2D eigenvalue weighted by Crippen LogP contribution is 2.25. The Bertz CT molecular complexity index is 378. The zero-order chi connectivity index (χ0) is 10.9. The zero-order valence-corrected chi connectivity index (χ0v) is 6.73. The van der Waals surface area contributed by atoms with Gasteiger partial charge in [0.1, 0.15) is 17.2 Å². The maximum atomic E-state index is 13.0. The van der Waals surface area contributed by atoms with Crippen molar-refractivity contribution >= 4 is 5.91 Å². The largest absolute Gasteiger partial charge is 0.365 e. The van der Waals surface area contributed by atoms with Gasteiger partial charge in [0.05, 0.1) is 5.56 Å². The maximum absolute atomic E-state index is 13.0. The molecular formula is C8H5F4NO. The number of halogens is 4. The Morgan fingerprint density at radius 3 is 2.29 bits per heavy atom. The van der Waals surface area contributed by atoms with Crippen molar-refractivity contribution in [1.29, 1.82) is 0 Å². The van der Waals surface area contributed by atoms with Crippen LogP contribution in [-0.2, 0) is 0 Å². The van der Waals surface area contributed by atoms with Gasteiger partial charge >= 0.3 is 0 Å². The average Bonchev–Trinajstić information content (AvgIpc) is 2.02. The fraction of sp³-hybridized carbons (Fsp3) is 0.125. The molecule has 76 valence electrons. The molecule has 0 unspecified atom stereocenters. The first-order valence-corrected chi connectivity index (χ1v) is 3.51. The molecule has 1 aromatic rings. The molecule has 2 N–H and O–H groups in total. The number of carbonyl (C=O) groups excluding carboxylic acids is 1. The van der Waals surface area contributed by atoms with Gasteiger partial charge in [0.15, 0.2) is 0 Å². The Morgan fingerprint density at radius 2 is 1.86 bits per heavy atom. The molecule has 1 aromatic carbocycles. The Hall–Kier alpha value is -1.59. The number of primary amides is 1. The van der Waals surface area contributed by atoms with Crippen LogP contribution in [0.1, 0.15) is 22.3 Å². The Labute approximate surface area is 76.3 Å². The molecule has 0 bridgehead atoms. The first-order valence-electron chi connectivity index (χ1n) is 3.51. The van der Waals surface area contributed by atoms with E-state index in [1.54, 1.807) is 0 Å². The van der Waals surface area contributed by atoms with E-state index in [9.17, 15) is 22.4 Å². The van der Waals surface area contributed by atoms with Crippen LogP contribution in [0.25, 0.3) is 0 Å². The molecule has 0 aliphatic heterocycles. The fourth-order valence-electron chi connectivity index (χ4n) is 0.963. The zero-order valence-electron chi connectivity index (χ0n) is 6.73. The van der Waals surface area contributed by atoms with Gasteiger partial charge in [-0.3, -0.25) is 4.79 Å². The van der Waals surface area contributed by atoms with Gasteiger partial charge in [-0.15, -0.1) is 0 Å². The van der Waals surface area contributed by atoms with Gasteiger partial charge < -0.3 is 5.73 Å². The van der Waals surface area contributed by atoms with Crippen LogP contribution in [-0.4, -0.2) is 5.91 Å². The lowest BCUT2D eigenvalue weighted by molar-refractivity contribution is 0.0990. The third-order valence-electron chi connectivity index (χ3n) is 1.60. The molecule has 0 saturated carbocycles. The second-order valence-corrected chi connectivity index (χ2v) is 2.49. The lowest BCUT2D eigenvalue weighted by Gasteiger charge is -2.05. The van der Waals surface area contributed by atoms with Gasteiger partial charge in [-0.2, -0.15) is 0 Å². The Morgan fingerprint density at radius 1 is 1.29 bits per heavy atom. The quantitative estimate of drug-likeness (QED) is 0.740. The lowest BCUT2D eigenvalue weighted by atomic mass is 10.1. The summed E-state index contributed by atoms with van der Waals surface area (Å²) in [5, 5.41) is 0. The van der Waals surface area contributed by atoms with E-state index in [2.05, 4.69) is 5.73 Å². The topological polar surface area (TPSA) is 43.1 Å². The third-order valence-corrected chi connectivity index (χ3v) is 1.60. The van der Waals surface area contributed by atoms with Crippen molar-refractivity contribution in [3.05, 3.63) is 34.9 Å². The molecule has 6 heteroatoms. The molecular weight excluding hydrogens is 202 g/mol. The van der Waals surface area contributed by atoms with Gasteiger partial charge in [-0.25, -0.2) is 17.6 Å². The summed E-state index contributed by atoms with van der Waals surface area (Å²) in [4.78, 5) is 10.5. The van der Waals surface area contributed by atoms with Gasteiger partial charge in [0, 0.05) is 0 Å². The van der Waals surface area contributed by atoms with Crippen LogP contribution in [0.4, 0.5) is 17.6 Å². The predicted octanol–water partition coefficient (Wildman–Crippen LogP) is 2.00. The molecule has 0 aliphatic carbocycles. The summed E-state index contributed by atoms with van der Waals surface area (Å²) in [6.45, 7) is 0. The van der Waals surface area contributed by atoms with Gasteiger partial charge in [-0.05, 0) is 12.1 Å². The molecule has 0 aromatic heterocycles. The van der Waals surface area contributed by atoms with E-state index in [4.69, 9.17) is 0 Å². The highest BCUT2D eigenvalue weighted by Gasteiger charge is 2.22. The van der Waals surface area contributed by atoms with E-state index in [1.165, 1.54) is 0 Å². The summed E-state index contributed by atoms with van der Waals surface area (Å²) in [6, 6.07) is 1.15. The summed E-state index contributed by atoms with van der Waals surface area (Å²) in [5.41, 5.74) is 2.44. The standard InChI is InChI=1S/C8H5F4NO/c9-4-2-1-3(7(11)12)6(10)5(4)8(13)14/h1-2,7H,(H2,13,14). The minimum absolute atomic E-state index is 0.571. The Kier molecular flexibility index (Phi) is 2.73. The van der Waals surface area contributed by atoms with Crippen molar-refractivity contribution < 1.29 is 22.4 Å². The number of hydrogen-bond acceptors (Lipinski definition) is 1. The monoisotopic (exact) mass is 207 g/mol. The van der Waals surface area contributed by atoms with E-state index in [0.29, 0.717) is 12.1 Å². The summed E-state index contributed by atoms with van der Waals surface area (Å²) in [7, 11) is 0. The first-order chi connectivity index (χ1) is 6.45. The highest BCUT2D eigenvalue weighted by atomic mass is 19.3. The van der Waals surface area contributed by atoms with E-state index < -0.39 is 35.1 Å². The highest BCUT2D eigenvalue weighted by molar-refractivity contribution is 5.93. The minimum Gasteiger partial charge on any atom is -0.365 e. The average molecular weight is 207 g/mol. The number of alkyl halides is 2. The van der Waals surface area contributed by atoms with Crippen molar-refractivity contribution in [2.75, 3.05) is 0 Å². The predicted molar refractivity (Wildman–Crippen MR) is 39.8 cm³/mol. The molecule has 14 heavy (non-hydrogen) atoms. The van der Waals surface area contributed by atoms with Crippen LogP contribution in [0.15, 0.2) is 12.1 Å². The van der Waals surface area contributed by atoms with Gasteiger partial charge in [-0.1, -0.05) is 0 Å². The van der Waals surface area contributed by atoms with E-state index in [0.717, 1.165) is 0 Å². The smallest absolute Gasteiger partial charge is 0.266 e. The second-order valence-electron chi connectivity index (χ2n) is 2.49. The molecule has 0 heterocycles. The van der Waals surface area contributed by atoms with Crippen LogP contribution < -0.4 is 5.73 Å². The number of benzene rings is 1. The van der Waals surface area contributed by atoms with Gasteiger partial charge in [0.2, 0.25) is 0 Å². The van der Waals surface area contributed by atoms with Crippen LogP contribution >= 0.6 is 0 Å². The van der Waals surface area contributed by atoms with E-state index in [1.807, 2.05) is 0 Å². The number of nitrogens with two attached hydrogens (primary N) is 1. The molecule has 0 fully saturated rings. The van der Waals surface area contributed by atoms with E-state index >= 15 is 0 Å². The van der Waals surface area contributed by atoms with Crippen LogP contribution in [0.2, 0.25) is 0 Å². The summed E-state index contributed by atoms with van der Waals surface area (Å²) < 4.78 is 49.9. The van der Waals surface area contributed by atoms with Crippen molar-refractivity contribution in [1.82, 2.24) is 0 Å². The Balaban J connectivity index is 3.41. The normalized spacial score (nSPS) is 10.6. The van der Waals surface area contributed by atoms with Crippen molar-refractivity contribution in [2.24, 2.45) is 5.73 Å². The van der Waals surface area contributed by atoms with Crippen LogP contribution in [0, 0.1) is 11.6 Å². The minimum atomic E-state index is -3.12. The third kappa shape index (κ3) is 1.68. The van der Waals surface area contributed by atoms with Crippen molar-refractivity contribution in [3.8, 4) is 0 Å². The van der Waals surface area contributed by atoms with Crippen molar-refractivity contribution in [2.45, 2.75) is 6.43 Å². The second kappa shape index (κ2) is 3.65. The summed E-state index contributed by atoms with van der Waals surface area (Å²) in [5.74, 6) is -4.27. The molecule has 0 atom stereocenters. The van der Waals surface area contributed by atoms with Gasteiger partial charge in [0.25, 0.3) is 12.3 Å². The van der Waals surface area contributed by atoms with Crippen LogP contribution in [0.3, 0.4) is 0 Å². The summed E-state index contributed by atoms with van der Waals surface area (Å²) >= 11 is 0. The molecule has 2 nitrogen and oxygen atoms in total. The fourth-order valence-corrected chi connectivity index (χ4v) is 0.963.